The van der Waals surface area contributed by atoms with Gasteiger partial charge in [-0.25, -0.2) is 4.79 Å². The van der Waals surface area contributed by atoms with Gasteiger partial charge in [-0.15, -0.1) is 0 Å². The molecular formula is C18H27N3O4. The molecule has 1 heterocycles. The molecule has 1 aromatic heterocycles. The van der Waals surface area contributed by atoms with Crippen molar-refractivity contribution >= 4 is 18.1 Å². The van der Waals surface area contributed by atoms with Gasteiger partial charge in [0.2, 0.25) is 5.91 Å². The fraction of sp³-hybridized carbons (Fsp3) is 0.500. The van der Waals surface area contributed by atoms with Gasteiger partial charge in [0.05, 0.1) is 6.10 Å². The molecule has 25 heavy (non-hydrogen) atoms. The van der Waals surface area contributed by atoms with E-state index < -0.39 is 17.8 Å². The summed E-state index contributed by atoms with van der Waals surface area (Å²) in [6.45, 7) is 7.28. The van der Waals surface area contributed by atoms with Crippen LogP contribution in [0, 0.1) is 6.92 Å². The van der Waals surface area contributed by atoms with E-state index in [0.29, 0.717) is 0 Å². The first-order valence-electron chi connectivity index (χ1n) is 8.06. The molecule has 0 aliphatic rings. The molecular weight excluding hydrogens is 322 g/mol. The van der Waals surface area contributed by atoms with Crippen molar-refractivity contribution in [2.45, 2.75) is 39.4 Å². The van der Waals surface area contributed by atoms with Crippen molar-refractivity contribution < 1.29 is 19.4 Å². The van der Waals surface area contributed by atoms with E-state index in [0.717, 1.165) is 11.1 Å². The standard InChI is InChI=1S/C18H27N3O4/c1-13-8-14(10-19-9-13)6-7-16(23)21(5)12-15(22)11-20-17(24)25-18(2,3)4/h6-10,15,22H,11-12H2,1-5H3,(H,20,24)/b7-6+. The third-order valence-electron chi connectivity index (χ3n) is 3.06. The van der Waals surface area contributed by atoms with E-state index in [2.05, 4.69) is 10.3 Å². The Balaban J connectivity index is 2.42. The van der Waals surface area contributed by atoms with Gasteiger partial charge in [-0.05, 0) is 51.0 Å². The zero-order chi connectivity index (χ0) is 19.0. The molecule has 7 heteroatoms. The first-order valence-corrected chi connectivity index (χ1v) is 8.06. The van der Waals surface area contributed by atoms with E-state index in [4.69, 9.17) is 4.74 Å². The lowest BCUT2D eigenvalue weighted by molar-refractivity contribution is -0.125. The van der Waals surface area contributed by atoms with Crippen molar-refractivity contribution in [3.05, 3.63) is 35.7 Å². The predicted octanol–water partition coefficient (Wildman–Crippen LogP) is 1.75. The normalized spacial score (nSPS) is 12.7. The molecule has 7 nitrogen and oxygen atoms in total. The summed E-state index contributed by atoms with van der Waals surface area (Å²) < 4.78 is 5.08. The van der Waals surface area contributed by atoms with E-state index >= 15 is 0 Å². The number of amides is 2. The molecule has 1 aromatic rings. The molecule has 2 N–H and O–H groups in total. The third kappa shape index (κ3) is 8.85. The van der Waals surface area contributed by atoms with Crippen molar-refractivity contribution in [3.8, 4) is 0 Å². The van der Waals surface area contributed by atoms with Crippen LogP contribution in [-0.4, -0.2) is 58.8 Å². The SMILES string of the molecule is Cc1cncc(/C=C/C(=O)N(C)CC(O)CNC(=O)OC(C)(C)C)c1. The van der Waals surface area contributed by atoms with Crippen LogP contribution in [0.1, 0.15) is 31.9 Å². The molecule has 0 fully saturated rings. The molecule has 1 atom stereocenters. The van der Waals surface area contributed by atoms with E-state index in [1.165, 1.54) is 11.0 Å². The number of ether oxygens (including phenoxy) is 1. The summed E-state index contributed by atoms with van der Waals surface area (Å²) in [6.07, 6.45) is 4.99. The first kappa shape index (κ1) is 20.6. The highest BCUT2D eigenvalue weighted by Gasteiger charge is 2.18. The van der Waals surface area contributed by atoms with E-state index in [1.54, 1.807) is 46.3 Å². The molecule has 0 aliphatic heterocycles. The smallest absolute Gasteiger partial charge is 0.407 e. The fourth-order valence-electron chi connectivity index (χ4n) is 1.95. The number of alkyl carbamates (subject to hydrolysis) is 1. The second-order valence-corrected chi connectivity index (χ2v) is 6.88. The molecule has 0 saturated heterocycles. The minimum atomic E-state index is -0.893. The molecule has 1 unspecified atom stereocenters. The molecule has 1 rings (SSSR count). The van der Waals surface area contributed by atoms with Gasteiger partial charge in [0.1, 0.15) is 5.60 Å². The Hall–Kier alpha value is -2.41. The number of likely N-dealkylation sites (N-methyl/N-ethyl adjacent to an activating group) is 1. The minimum Gasteiger partial charge on any atom is -0.444 e. The van der Waals surface area contributed by atoms with Gasteiger partial charge in [0, 0.05) is 38.6 Å². The van der Waals surface area contributed by atoms with Crippen LogP contribution < -0.4 is 5.32 Å². The Bertz CT molecular complexity index is 623. The Morgan fingerprint density at radius 2 is 2.08 bits per heavy atom. The van der Waals surface area contributed by atoms with Gasteiger partial charge >= 0.3 is 6.09 Å². The molecule has 0 saturated carbocycles. The van der Waals surface area contributed by atoms with Crippen LogP contribution >= 0.6 is 0 Å². The Labute approximate surface area is 148 Å². The first-order chi connectivity index (χ1) is 11.6. The number of nitrogens with one attached hydrogen (secondary N) is 1. The average molecular weight is 349 g/mol. The van der Waals surface area contributed by atoms with Gasteiger partial charge in [-0.1, -0.05) is 0 Å². The van der Waals surface area contributed by atoms with Gasteiger partial charge in [-0.3, -0.25) is 9.78 Å². The number of pyridine rings is 1. The topological polar surface area (TPSA) is 91.8 Å². The van der Waals surface area contributed by atoms with Crippen molar-refractivity contribution in [1.29, 1.82) is 0 Å². The Morgan fingerprint density at radius 3 is 2.68 bits per heavy atom. The molecule has 0 aromatic carbocycles. The number of hydrogen-bond donors (Lipinski definition) is 2. The maximum Gasteiger partial charge on any atom is 0.407 e. The van der Waals surface area contributed by atoms with Crippen LogP contribution in [-0.2, 0) is 9.53 Å². The van der Waals surface area contributed by atoms with Crippen LogP contribution in [0.2, 0.25) is 0 Å². The number of nitrogens with zero attached hydrogens (tertiary/aromatic N) is 2. The number of carbonyl (C=O) groups excluding carboxylic acids is 2. The number of hydrogen-bond acceptors (Lipinski definition) is 5. The quantitative estimate of drug-likeness (QED) is 0.764. The van der Waals surface area contributed by atoms with Gasteiger partial charge in [0.25, 0.3) is 0 Å². The van der Waals surface area contributed by atoms with Crippen molar-refractivity contribution in [2.24, 2.45) is 0 Å². The molecule has 0 aliphatic carbocycles. The predicted molar refractivity (Wildman–Crippen MR) is 95.9 cm³/mol. The van der Waals surface area contributed by atoms with Gasteiger partial charge in [0.15, 0.2) is 0 Å². The number of aromatic nitrogens is 1. The maximum atomic E-state index is 12.1. The molecule has 0 spiro atoms. The van der Waals surface area contributed by atoms with Gasteiger partial charge in [-0.2, -0.15) is 0 Å². The van der Waals surface area contributed by atoms with Crippen LogP contribution in [0.4, 0.5) is 4.79 Å². The van der Waals surface area contributed by atoms with E-state index in [1.807, 2.05) is 13.0 Å². The highest BCUT2D eigenvalue weighted by molar-refractivity contribution is 5.91. The monoisotopic (exact) mass is 349 g/mol. The lowest BCUT2D eigenvalue weighted by Gasteiger charge is -2.22. The lowest BCUT2D eigenvalue weighted by atomic mass is 10.2. The van der Waals surface area contributed by atoms with E-state index in [-0.39, 0.29) is 19.0 Å². The number of aliphatic hydroxyl groups is 1. The second-order valence-electron chi connectivity index (χ2n) is 6.88. The summed E-state index contributed by atoms with van der Waals surface area (Å²) in [6, 6.07) is 1.91. The highest BCUT2D eigenvalue weighted by atomic mass is 16.6. The fourth-order valence-corrected chi connectivity index (χ4v) is 1.95. The number of rotatable bonds is 6. The van der Waals surface area contributed by atoms with Crippen LogP contribution in [0.15, 0.2) is 24.5 Å². The largest absolute Gasteiger partial charge is 0.444 e. The zero-order valence-electron chi connectivity index (χ0n) is 15.4. The number of carbonyl (C=O) groups is 2. The van der Waals surface area contributed by atoms with Crippen molar-refractivity contribution in [2.75, 3.05) is 20.1 Å². The number of aryl methyl sites for hydroxylation is 1. The molecule has 2 amide bonds. The summed E-state index contributed by atoms with van der Waals surface area (Å²) >= 11 is 0. The summed E-state index contributed by atoms with van der Waals surface area (Å²) in [4.78, 5) is 29.0. The van der Waals surface area contributed by atoms with Crippen molar-refractivity contribution in [1.82, 2.24) is 15.2 Å². The summed E-state index contributed by atoms with van der Waals surface area (Å²) in [5.74, 6) is -0.252. The maximum absolute atomic E-state index is 12.1. The summed E-state index contributed by atoms with van der Waals surface area (Å²) in [5.41, 5.74) is 1.23. The van der Waals surface area contributed by atoms with Gasteiger partial charge < -0.3 is 20.1 Å². The van der Waals surface area contributed by atoms with Crippen molar-refractivity contribution in [3.63, 3.8) is 0 Å². The lowest BCUT2D eigenvalue weighted by Crippen LogP contribution is -2.42. The summed E-state index contributed by atoms with van der Waals surface area (Å²) in [5, 5.41) is 12.4. The number of aliphatic hydroxyl groups excluding tert-OH is 1. The minimum absolute atomic E-state index is 0.00194. The Morgan fingerprint density at radius 1 is 1.40 bits per heavy atom. The molecule has 0 bridgehead atoms. The highest BCUT2D eigenvalue weighted by Crippen LogP contribution is 2.06. The van der Waals surface area contributed by atoms with Crippen LogP contribution in [0.5, 0.6) is 0 Å². The molecule has 138 valence electrons. The summed E-state index contributed by atoms with van der Waals surface area (Å²) in [7, 11) is 1.58. The molecule has 0 radical (unpaired) electrons. The van der Waals surface area contributed by atoms with E-state index in [9.17, 15) is 14.7 Å². The zero-order valence-corrected chi connectivity index (χ0v) is 15.4. The second kappa shape index (κ2) is 9.17. The van der Waals surface area contributed by atoms with Crippen LogP contribution in [0.25, 0.3) is 6.08 Å². The Kier molecular flexibility index (Phi) is 7.57. The third-order valence-corrected chi connectivity index (χ3v) is 3.06. The van der Waals surface area contributed by atoms with Crippen LogP contribution in [0.3, 0.4) is 0 Å². The average Bonchev–Trinajstić information content (AvgIpc) is 2.49.